The van der Waals surface area contributed by atoms with Crippen LogP contribution in [0.4, 0.5) is 0 Å². The predicted octanol–water partition coefficient (Wildman–Crippen LogP) is 5.64. The number of rotatable bonds is 9. The molecule has 1 nitrogen and oxygen atoms in total. The third-order valence-electron chi connectivity index (χ3n) is 4.02. The molecule has 1 heteroatoms. The molecule has 0 aliphatic carbocycles. The molecule has 1 fully saturated rings. The van der Waals surface area contributed by atoms with Crippen LogP contribution in [-0.2, 0) is 4.74 Å². The molecular formula is C17H32O. The highest BCUT2D eigenvalue weighted by molar-refractivity contribution is 5.21. The molecule has 0 aromatic rings. The minimum absolute atomic E-state index is 0.466. The van der Waals surface area contributed by atoms with E-state index in [1.807, 2.05) is 0 Å². The van der Waals surface area contributed by atoms with Crippen LogP contribution in [0, 0.1) is 0 Å². The lowest BCUT2D eigenvalue weighted by atomic mass is 9.92. The van der Waals surface area contributed by atoms with E-state index in [1.165, 1.54) is 64.2 Å². The normalized spacial score (nSPS) is 19.5. The molecule has 1 rings (SSSR count). The lowest BCUT2D eigenvalue weighted by molar-refractivity contribution is 0.115. The van der Waals surface area contributed by atoms with E-state index in [1.54, 1.807) is 11.1 Å². The van der Waals surface area contributed by atoms with Crippen LogP contribution in [-0.4, -0.2) is 12.7 Å². The van der Waals surface area contributed by atoms with Gasteiger partial charge in [-0.1, -0.05) is 52.0 Å². The van der Waals surface area contributed by atoms with Crippen LogP contribution in [0.25, 0.3) is 0 Å². The molecule has 1 saturated heterocycles. The van der Waals surface area contributed by atoms with Crippen molar-refractivity contribution in [1.82, 2.24) is 0 Å². The number of ether oxygens (including phenoxy) is 1. The molecular weight excluding hydrogens is 220 g/mol. The maximum absolute atomic E-state index is 5.95. The summed E-state index contributed by atoms with van der Waals surface area (Å²) in [5, 5.41) is 0. The quantitative estimate of drug-likeness (QED) is 0.482. The summed E-state index contributed by atoms with van der Waals surface area (Å²) in [6.07, 6.45) is 13.5. The van der Waals surface area contributed by atoms with E-state index in [0.717, 1.165) is 6.61 Å². The standard InChI is InChI=1S/C17H32O/c1-4-7-10-15(11-8-5-2)16-13-14-18-17(16)12-9-6-3/h17H,4-14H2,1-3H3. The van der Waals surface area contributed by atoms with Gasteiger partial charge in [-0.25, -0.2) is 0 Å². The summed E-state index contributed by atoms with van der Waals surface area (Å²) in [6, 6.07) is 0. The Balaban J connectivity index is 2.65. The molecule has 0 aromatic heterocycles. The highest BCUT2D eigenvalue weighted by Crippen LogP contribution is 2.31. The molecule has 0 bridgehead atoms. The minimum atomic E-state index is 0.466. The van der Waals surface area contributed by atoms with Crippen molar-refractivity contribution in [3.05, 3.63) is 11.1 Å². The van der Waals surface area contributed by atoms with Gasteiger partial charge in [-0.2, -0.15) is 0 Å². The van der Waals surface area contributed by atoms with Crippen molar-refractivity contribution < 1.29 is 4.74 Å². The molecule has 1 aliphatic rings. The van der Waals surface area contributed by atoms with E-state index in [-0.39, 0.29) is 0 Å². The lowest BCUT2D eigenvalue weighted by Gasteiger charge is -2.17. The van der Waals surface area contributed by atoms with Crippen LogP contribution in [0.3, 0.4) is 0 Å². The SMILES string of the molecule is CCCCC(CCCC)=C1CCOC1CCCC. The highest BCUT2D eigenvalue weighted by Gasteiger charge is 2.23. The molecule has 1 aliphatic heterocycles. The van der Waals surface area contributed by atoms with Gasteiger partial charge in [-0.3, -0.25) is 0 Å². The average Bonchev–Trinajstić information content (AvgIpc) is 2.85. The molecule has 0 aromatic carbocycles. The van der Waals surface area contributed by atoms with Gasteiger partial charge in [0.15, 0.2) is 0 Å². The summed E-state index contributed by atoms with van der Waals surface area (Å²) >= 11 is 0. The molecule has 18 heavy (non-hydrogen) atoms. The smallest absolute Gasteiger partial charge is 0.0788 e. The van der Waals surface area contributed by atoms with Crippen LogP contribution in [0.2, 0.25) is 0 Å². The van der Waals surface area contributed by atoms with Gasteiger partial charge in [-0.05, 0) is 44.1 Å². The fourth-order valence-electron chi connectivity index (χ4n) is 2.85. The van der Waals surface area contributed by atoms with Crippen LogP contribution in [0.1, 0.15) is 85.0 Å². The first kappa shape index (κ1) is 15.8. The average molecular weight is 252 g/mol. The summed E-state index contributed by atoms with van der Waals surface area (Å²) in [6.45, 7) is 7.82. The Morgan fingerprint density at radius 1 is 1.00 bits per heavy atom. The van der Waals surface area contributed by atoms with Crippen molar-refractivity contribution in [3.63, 3.8) is 0 Å². The highest BCUT2D eigenvalue weighted by atomic mass is 16.5. The van der Waals surface area contributed by atoms with E-state index in [9.17, 15) is 0 Å². The second-order valence-corrected chi connectivity index (χ2v) is 5.59. The van der Waals surface area contributed by atoms with Gasteiger partial charge in [-0.15, -0.1) is 0 Å². The van der Waals surface area contributed by atoms with Crippen LogP contribution >= 0.6 is 0 Å². The second-order valence-electron chi connectivity index (χ2n) is 5.59. The zero-order valence-electron chi connectivity index (χ0n) is 12.8. The van der Waals surface area contributed by atoms with Gasteiger partial charge in [0.25, 0.3) is 0 Å². The Hall–Kier alpha value is -0.300. The number of hydrogen-bond donors (Lipinski definition) is 0. The topological polar surface area (TPSA) is 9.23 Å². The van der Waals surface area contributed by atoms with Crippen molar-refractivity contribution in [3.8, 4) is 0 Å². The molecule has 1 unspecified atom stereocenters. The molecule has 1 atom stereocenters. The van der Waals surface area contributed by atoms with Gasteiger partial charge < -0.3 is 4.74 Å². The fraction of sp³-hybridized carbons (Fsp3) is 0.882. The molecule has 0 N–H and O–H groups in total. The van der Waals surface area contributed by atoms with Crippen molar-refractivity contribution in [1.29, 1.82) is 0 Å². The summed E-state index contributed by atoms with van der Waals surface area (Å²) in [4.78, 5) is 0. The van der Waals surface area contributed by atoms with Crippen molar-refractivity contribution in [2.45, 2.75) is 91.1 Å². The summed E-state index contributed by atoms with van der Waals surface area (Å²) in [7, 11) is 0. The zero-order chi connectivity index (χ0) is 13.2. The van der Waals surface area contributed by atoms with Crippen LogP contribution < -0.4 is 0 Å². The summed E-state index contributed by atoms with van der Waals surface area (Å²) in [5.41, 5.74) is 3.43. The zero-order valence-corrected chi connectivity index (χ0v) is 12.8. The first-order valence-electron chi connectivity index (χ1n) is 8.15. The van der Waals surface area contributed by atoms with E-state index in [4.69, 9.17) is 4.74 Å². The van der Waals surface area contributed by atoms with Gasteiger partial charge in [0.05, 0.1) is 12.7 Å². The maximum atomic E-state index is 5.95. The molecule has 0 radical (unpaired) electrons. The molecule has 0 spiro atoms. The number of unbranched alkanes of at least 4 members (excludes halogenated alkanes) is 3. The van der Waals surface area contributed by atoms with Crippen molar-refractivity contribution in [2.75, 3.05) is 6.61 Å². The van der Waals surface area contributed by atoms with E-state index >= 15 is 0 Å². The first-order chi connectivity index (χ1) is 8.83. The Bertz CT molecular complexity index is 232. The third-order valence-corrected chi connectivity index (χ3v) is 4.02. The molecule has 1 heterocycles. The first-order valence-corrected chi connectivity index (χ1v) is 8.15. The number of hydrogen-bond acceptors (Lipinski definition) is 1. The molecule has 0 saturated carbocycles. The van der Waals surface area contributed by atoms with E-state index < -0.39 is 0 Å². The van der Waals surface area contributed by atoms with Gasteiger partial charge in [0.1, 0.15) is 0 Å². The van der Waals surface area contributed by atoms with Crippen LogP contribution in [0.15, 0.2) is 11.1 Å². The fourth-order valence-corrected chi connectivity index (χ4v) is 2.85. The second kappa shape index (κ2) is 9.61. The van der Waals surface area contributed by atoms with Crippen molar-refractivity contribution >= 4 is 0 Å². The van der Waals surface area contributed by atoms with Crippen LogP contribution in [0.5, 0.6) is 0 Å². The van der Waals surface area contributed by atoms with Gasteiger partial charge in [0, 0.05) is 0 Å². The van der Waals surface area contributed by atoms with E-state index in [2.05, 4.69) is 20.8 Å². The predicted molar refractivity (Wildman–Crippen MR) is 80.0 cm³/mol. The molecule has 0 amide bonds. The Kier molecular flexibility index (Phi) is 8.41. The maximum Gasteiger partial charge on any atom is 0.0788 e. The monoisotopic (exact) mass is 252 g/mol. The van der Waals surface area contributed by atoms with Gasteiger partial charge in [0.2, 0.25) is 0 Å². The summed E-state index contributed by atoms with van der Waals surface area (Å²) in [5.74, 6) is 0. The van der Waals surface area contributed by atoms with E-state index in [0.29, 0.717) is 6.10 Å². The summed E-state index contributed by atoms with van der Waals surface area (Å²) < 4.78 is 5.95. The van der Waals surface area contributed by atoms with Gasteiger partial charge >= 0.3 is 0 Å². The Morgan fingerprint density at radius 3 is 2.17 bits per heavy atom. The third kappa shape index (κ3) is 5.14. The largest absolute Gasteiger partial charge is 0.374 e. The number of allylic oxidation sites excluding steroid dienone is 1. The van der Waals surface area contributed by atoms with Crippen molar-refractivity contribution in [2.24, 2.45) is 0 Å². The molecule has 106 valence electrons. The lowest BCUT2D eigenvalue weighted by Crippen LogP contribution is -2.09. The minimum Gasteiger partial charge on any atom is -0.374 e. The Labute approximate surface area is 114 Å². The Morgan fingerprint density at radius 2 is 1.61 bits per heavy atom.